The highest BCUT2D eigenvalue weighted by molar-refractivity contribution is 5.79. The number of benzene rings is 1. The molecule has 2 N–H and O–H groups in total. The van der Waals surface area contributed by atoms with Gasteiger partial charge in [-0.15, -0.1) is 0 Å². The first-order valence-corrected chi connectivity index (χ1v) is 8.32. The number of aliphatic imine (C=N–C) groups is 1. The second kappa shape index (κ2) is 9.52. The number of guanidine groups is 1. The van der Waals surface area contributed by atoms with Gasteiger partial charge in [-0.1, -0.05) is 12.1 Å². The third-order valence-corrected chi connectivity index (χ3v) is 3.82. The van der Waals surface area contributed by atoms with Crippen molar-refractivity contribution in [3.63, 3.8) is 0 Å². The van der Waals surface area contributed by atoms with Crippen molar-refractivity contribution in [1.82, 2.24) is 15.6 Å². The third kappa shape index (κ3) is 5.99. The standard InChI is InChI=1S/C19H27N5O/c1-20-19(22-12-9-15-5-7-17(25-4)8-6-15)23-14-16-10-11-21-18(13-16)24(2)3/h5-8,10-11,13H,9,12,14H2,1-4H3,(H2,20,22,23). The molecule has 0 spiro atoms. The van der Waals surface area contributed by atoms with Crippen LogP contribution in [0.5, 0.6) is 5.75 Å². The number of methoxy groups -OCH3 is 1. The third-order valence-electron chi connectivity index (χ3n) is 3.82. The summed E-state index contributed by atoms with van der Waals surface area (Å²) in [5.74, 6) is 2.61. The van der Waals surface area contributed by atoms with Crippen LogP contribution in [0, 0.1) is 0 Å². The lowest BCUT2D eigenvalue weighted by Crippen LogP contribution is -2.37. The molecular weight excluding hydrogens is 314 g/mol. The van der Waals surface area contributed by atoms with Crippen molar-refractivity contribution in [1.29, 1.82) is 0 Å². The fourth-order valence-corrected chi connectivity index (χ4v) is 2.34. The Balaban J connectivity index is 1.79. The van der Waals surface area contributed by atoms with Gasteiger partial charge in [-0.05, 0) is 41.8 Å². The van der Waals surface area contributed by atoms with E-state index in [1.165, 1.54) is 5.56 Å². The molecule has 2 rings (SSSR count). The van der Waals surface area contributed by atoms with Crippen LogP contribution in [0.1, 0.15) is 11.1 Å². The van der Waals surface area contributed by atoms with E-state index in [0.717, 1.165) is 36.1 Å². The smallest absolute Gasteiger partial charge is 0.191 e. The predicted octanol–water partition coefficient (Wildman–Crippen LogP) is 2.06. The van der Waals surface area contributed by atoms with Crippen LogP contribution in [-0.4, -0.2) is 45.7 Å². The largest absolute Gasteiger partial charge is 0.497 e. The van der Waals surface area contributed by atoms with E-state index in [0.29, 0.717) is 6.54 Å². The van der Waals surface area contributed by atoms with Gasteiger partial charge in [0.05, 0.1) is 7.11 Å². The Labute approximate surface area is 149 Å². The van der Waals surface area contributed by atoms with Crippen LogP contribution in [0.4, 0.5) is 5.82 Å². The highest BCUT2D eigenvalue weighted by Gasteiger charge is 2.02. The molecule has 1 aromatic heterocycles. The number of ether oxygens (including phenoxy) is 1. The summed E-state index contributed by atoms with van der Waals surface area (Å²) < 4.78 is 5.17. The fraction of sp³-hybridized carbons (Fsp3) is 0.368. The van der Waals surface area contributed by atoms with Crippen LogP contribution in [0.15, 0.2) is 47.6 Å². The number of nitrogens with zero attached hydrogens (tertiary/aromatic N) is 3. The molecule has 6 heteroatoms. The minimum Gasteiger partial charge on any atom is -0.497 e. The van der Waals surface area contributed by atoms with Gasteiger partial charge in [0.15, 0.2) is 5.96 Å². The van der Waals surface area contributed by atoms with Gasteiger partial charge >= 0.3 is 0 Å². The van der Waals surface area contributed by atoms with Crippen LogP contribution in [-0.2, 0) is 13.0 Å². The minimum atomic E-state index is 0.700. The van der Waals surface area contributed by atoms with Crippen molar-refractivity contribution in [2.45, 2.75) is 13.0 Å². The molecule has 0 atom stereocenters. The molecule has 134 valence electrons. The molecule has 0 aliphatic rings. The molecule has 0 saturated heterocycles. The van der Waals surface area contributed by atoms with Gasteiger partial charge in [0.2, 0.25) is 0 Å². The first-order chi connectivity index (χ1) is 12.1. The first kappa shape index (κ1) is 18.6. The Bertz CT molecular complexity index is 682. The van der Waals surface area contributed by atoms with Crippen molar-refractivity contribution in [3.8, 4) is 5.75 Å². The molecule has 0 fully saturated rings. The summed E-state index contributed by atoms with van der Waals surface area (Å²) in [6, 6.07) is 12.2. The molecule has 1 heterocycles. The second-order valence-corrected chi connectivity index (χ2v) is 5.87. The summed E-state index contributed by atoms with van der Waals surface area (Å²) in [5.41, 5.74) is 2.42. The van der Waals surface area contributed by atoms with E-state index >= 15 is 0 Å². The lowest BCUT2D eigenvalue weighted by atomic mass is 10.1. The Hall–Kier alpha value is -2.76. The van der Waals surface area contributed by atoms with Crippen molar-refractivity contribution < 1.29 is 4.74 Å². The molecule has 0 saturated carbocycles. The molecule has 0 aliphatic carbocycles. The molecular formula is C19H27N5O. The van der Waals surface area contributed by atoms with Crippen LogP contribution < -0.4 is 20.3 Å². The maximum atomic E-state index is 5.17. The van der Waals surface area contributed by atoms with Crippen LogP contribution in [0.3, 0.4) is 0 Å². The molecule has 0 unspecified atom stereocenters. The number of aromatic nitrogens is 1. The highest BCUT2D eigenvalue weighted by atomic mass is 16.5. The monoisotopic (exact) mass is 341 g/mol. The van der Waals surface area contributed by atoms with E-state index in [1.807, 2.05) is 43.4 Å². The van der Waals surface area contributed by atoms with Gasteiger partial charge in [0, 0.05) is 40.4 Å². The quantitative estimate of drug-likeness (QED) is 0.596. The van der Waals surface area contributed by atoms with Gasteiger partial charge in [-0.2, -0.15) is 0 Å². The Morgan fingerprint density at radius 2 is 1.88 bits per heavy atom. The van der Waals surface area contributed by atoms with E-state index in [1.54, 1.807) is 14.2 Å². The lowest BCUT2D eigenvalue weighted by Gasteiger charge is -2.14. The van der Waals surface area contributed by atoms with Gasteiger partial charge in [-0.3, -0.25) is 4.99 Å². The fourth-order valence-electron chi connectivity index (χ4n) is 2.34. The van der Waals surface area contributed by atoms with E-state index < -0.39 is 0 Å². The zero-order chi connectivity index (χ0) is 18.1. The molecule has 0 aliphatic heterocycles. The zero-order valence-electron chi connectivity index (χ0n) is 15.4. The first-order valence-electron chi connectivity index (χ1n) is 8.32. The van der Waals surface area contributed by atoms with Crippen molar-refractivity contribution in [3.05, 3.63) is 53.7 Å². The summed E-state index contributed by atoms with van der Waals surface area (Å²) in [6.45, 7) is 1.51. The average Bonchev–Trinajstić information content (AvgIpc) is 2.65. The number of pyridine rings is 1. The topological polar surface area (TPSA) is 61.8 Å². The van der Waals surface area contributed by atoms with Crippen molar-refractivity contribution in [2.75, 3.05) is 39.7 Å². The summed E-state index contributed by atoms with van der Waals surface area (Å²) in [6.07, 6.45) is 2.75. The highest BCUT2D eigenvalue weighted by Crippen LogP contribution is 2.11. The van der Waals surface area contributed by atoms with Crippen molar-refractivity contribution >= 4 is 11.8 Å². The lowest BCUT2D eigenvalue weighted by molar-refractivity contribution is 0.414. The summed E-state index contributed by atoms with van der Waals surface area (Å²) in [5, 5.41) is 6.66. The van der Waals surface area contributed by atoms with E-state index in [9.17, 15) is 0 Å². The van der Waals surface area contributed by atoms with Gasteiger partial charge < -0.3 is 20.3 Å². The Kier molecular flexibility index (Phi) is 7.07. The average molecular weight is 341 g/mol. The molecule has 0 amide bonds. The number of nitrogens with one attached hydrogen (secondary N) is 2. The number of anilines is 1. The molecule has 1 aromatic carbocycles. The summed E-state index contributed by atoms with van der Waals surface area (Å²) in [7, 11) is 7.43. The molecule has 0 bridgehead atoms. The van der Waals surface area contributed by atoms with E-state index in [4.69, 9.17) is 4.74 Å². The Morgan fingerprint density at radius 3 is 2.52 bits per heavy atom. The maximum absolute atomic E-state index is 5.17. The molecule has 0 radical (unpaired) electrons. The van der Waals surface area contributed by atoms with Crippen LogP contribution >= 0.6 is 0 Å². The van der Waals surface area contributed by atoms with Crippen molar-refractivity contribution in [2.24, 2.45) is 4.99 Å². The van der Waals surface area contributed by atoms with Gasteiger partial charge in [-0.25, -0.2) is 4.98 Å². The molecule has 25 heavy (non-hydrogen) atoms. The van der Waals surface area contributed by atoms with E-state index in [-0.39, 0.29) is 0 Å². The minimum absolute atomic E-state index is 0.700. The SMILES string of the molecule is CN=C(NCCc1ccc(OC)cc1)NCc1ccnc(N(C)C)c1. The number of hydrogen-bond donors (Lipinski definition) is 2. The normalized spacial score (nSPS) is 11.1. The molecule has 2 aromatic rings. The summed E-state index contributed by atoms with van der Waals surface area (Å²) >= 11 is 0. The van der Waals surface area contributed by atoms with Gasteiger partial charge in [0.25, 0.3) is 0 Å². The molecule has 6 nitrogen and oxygen atoms in total. The summed E-state index contributed by atoms with van der Waals surface area (Å²) in [4.78, 5) is 10.6. The van der Waals surface area contributed by atoms with Crippen LogP contribution in [0.2, 0.25) is 0 Å². The van der Waals surface area contributed by atoms with Gasteiger partial charge in [0.1, 0.15) is 11.6 Å². The van der Waals surface area contributed by atoms with Crippen LogP contribution in [0.25, 0.3) is 0 Å². The van der Waals surface area contributed by atoms with E-state index in [2.05, 4.69) is 38.8 Å². The number of rotatable bonds is 7. The second-order valence-electron chi connectivity index (χ2n) is 5.87. The number of hydrogen-bond acceptors (Lipinski definition) is 4. The predicted molar refractivity (Wildman–Crippen MR) is 103 cm³/mol. The maximum Gasteiger partial charge on any atom is 0.191 e. The Morgan fingerprint density at radius 1 is 1.12 bits per heavy atom. The zero-order valence-corrected chi connectivity index (χ0v) is 15.4.